The summed E-state index contributed by atoms with van der Waals surface area (Å²) >= 11 is 2.33. The van der Waals surface area contributed by atoms with Crippen molar-refractivity contribution in [3.05, 3.63) is 0 Å². The summed E-state index contributed by atoms with van der Waals surface area (Å²) < 4.78 is 1.10. The van der Waals surface area contributed by atoms with E-state index in [2.05, 4.69) is 27.9 Å². The van der Waals surface area contributed by atoms with Crippen molar-refractivity contribution in [3.8, 4) is 0 Å². The molecule has 1 aliphatic heterocycles. The lowest BCUT2D eigenvalue weighted by molar-refractivity contribution is -0.134. The van der Waals surface area contributed by atoms with E-state index in [9.17, 15) is 9.59 Å². The van der Waals surface area contributed by atoms with Crippen molar-refractivity contribution in [1.29, 1.82) is 0 Å². The topological polar surface area (TPSA) is 46.2 Å². The van der Waals surface area contributed by atoms with Gasteiger partial charge in [0.25, 0.3) is 0 Å². The predicted octanol–water partition coefficient (Wildman–Crippen LogP) is 0.864. The summed E-state index contributed by atoms with van der Waals surface area (Å²) in [6, 6.07) is 0. The van der Waals surface area contributed by atoms with Crippen LogP contribution in [0.5, 0.6) is 0 Å². The van der Waals surface area contributed by atoms with Gasteiger partial charge in [0.2, 0.25) is 11.8 Å². The van der Waals surface area contributed by atoms with E-state index in [1.807, 2.05) is 0 Å². The van der Waals surface area contributed by atoms with Crippen LogP contribution >= 0.6 is 22.6 Å². The van der Waals surface area contributed by atoms with Crippen LogP contribution in [0, 0.1) is 11.3 Å². The van der Waals surface area contributed by atoms with Gasteiger partial charge < -0.3 is 0 Å². The van der Waals surface area contributed by atoms with Gasteiger partial charge in [-0.25, -0.2) is 0 Å². The van der Waals surface area contributed by atoms with Gasteiger partial charge in [-0.15, -0.1) is 0 Å². The molecule has 1 spiro atoms. The molecule has 0 atom stereocenters. The van der Waals surface area contributed by atoms with E-state index in [1.165, 1.54) is 0 Å². The van der Waals surface area contributed by atoms with Crippen LogP contribution in [0.15, 0.2) is 0 Å². The molecule has 66 valence electrons. The summed E-state index contributed by atoms with van der Waals surface area (Å²) in [4.78, 5) is 22.2. The zero-order valence-electron chi connectivity index (χ0n) is 6.60. The highest BCUT2D eigenvalue weighted by molar-refractivity contribution is 14.1. The second-order valence-corrected chi connectivity index (χ2v) is 4.64. The third kappa shape index (κ3) is 1.08. The van der Waals surface area contributed by atoms with E-state index in [1.54, 1.807) is 0 Å². The monoisotopic (exact) mass is 279 g/mol. The van der Waals surface area contributed by atoms with E-state index < -0.39 is 0 Å². The molecule has 1 heterocycles. The molecule has 12 heavy (non-hydrogen) atoms. The van der Waals surface area contributed by atoms with Gasteiger partial charge in [0.1, 0.15) is 0 Å². The minimum absolute atomic E-state index is 0.0337. The van der Waals surface area contributed by atoms with Crippen molar-refractivity contribution in [2.75, 3.05) is 4.43 Å². The number of hydrogen-bond acceptors (Lipinski definition) is 2. The molecule has 2 amide bonds. The van der Waals surface area contributed by atoms with Crippen molar-refractivity contribution in [3.63, 3.8) is 0 Å². The maximum absolute atomic E-state index is 11.3. The Bertz CT molecular complexity index is 245. The molecule has 1 saturated heterocycles. The van der Waals surface area contributed by atoms with E-state index >= 15 is 0 Å². The maximum atomic E-state index is 11.3. The molecule has 2 rings (SSSR count). The van der Waals surface area contributed by atoms with Crippen LogP contribution in [-0.4, -0.2) is 16.2 Å². The van der Waals surface area contributed by atoms with Gasteiger partial charge in [-0.1, -0.05) is 22.6 Å². The summed E-state index contributed by atoms with van der Waals surface area (Å²) in [5.41, 5.74) is -0.285. The Hall–Kier alpha value is -0.130. The van der Waals surface area contributed by atoms with Crippen molar-refractivity contribution >= 4 is 34.4 Å². The lowest BCUT2D eigenvalue weighted by Crippen LogP contribution is -2.43. The van der Waals surface area contributed by atoms with Crippen molar-refractivity contribution in [1.82, 2.24) is 5.32 Å². The van der Waals surface area contributed by atoms with Crippen LogP contribution < -0.4 is 5.32 Å². The zero-order chi connectivity index (χ0) is 8.77. The number of carbonyl (C=O) groups is 2. The van der Waals surface area contributed by atoms with Gasteiger partial charge >= 0.3 is 0 Å². The molecule has 0 aromatic carbocycles. The van der Waals surface area contributed by atoms with Crippen molar-refractivity contribution in [2.45, 2.75) is 19.3 Å². The third-order valence-corrected chi connectivity index (χ3v) is 4.06. The van der Waals surface area contributed by atoms with Crippen LogP contribution in [0.1, 0.15) is 19.3 Å². The van der Waals surface area contributed by atoms with Gasteiger partial charge in [0.05, 0.1) is 5.41 Å². The van der Waals surface area contributed by atoms with Gasteiger partial charge in [-0.2, -0.15) is 0 Å². The summed E-state index contributed by atoms with van der Waals surface area (Å²) in [5.74, 6) is 0.530. The highest BCUT2D eigenvalue weighted by Gasteiger charge is 2.54. The Morgan fingerprint density at radius 3 is 2.58 bits per heavy atom. The second kappa shape index (κ2) is 2.68. The fourth-order valence-electron chi connectivity index (χ4n) is 2.18. The average Bonchev–Trinajstić information content (AvgIpc) is 2.22. The van der Waals surface area contributed by atoms with Crippen LogP contribution in [0.2, 0.25) is 0 Å². The van der Waals surface area contributed by atoms with Gasteiger partial charge in [-0.05, 0) is 18.8 Å². The fraction of sp³-hybridized carbons (Fsp3) is 0.750. The first-order valence-electron chi connectivity index (χ1n) is 4.06. The predicted molar refractivity (Wildman–Crippen MR) is 51.8 cm³/mol. The number of rotatable bonds is 1. The Morgan fingerprint density at radius 2 is 2.17 bits per heavy atom. The number of hydrogen-bond donors (Lipinski definition) is 1. The normalized spacial score (nSPS) is 39.9. The van der Waals surface area contributed by atoms with E-state index in [0.717, 1.165) is 17.3 Å². The van der Waals surface area contributed by atoms with Gasteiger partial charge in [0.15, 0.2) is 0 Å². The molecular formula is C8H10INO2. The van der Waals surface area contributed by atoms with Crippen molar-refractivity contribution in [2.24, 2.45) is 11.3 Å². The SMILES string of the molecule is O=C1CC2(CC(CI)C2)C(=O)N1. The molecule has 1 saturated carbocycles. The number of halogens is 1. The summed E-state index contributed by atoms with van der Waals surface area (Å²) in [7, 11) is 0. The standard InChI is InChI=1S/C8H10INO2/c9-4-5-1-8(2-5)3-6(11)10-7(8)12/h5H,1-4H2,(H,10,11,12). The second-order valence-electron chi connectivity index (χ2n) is 3.76. The molecule has 1 aliphatic carbocycles. The molecule has 0 unspecified atom stereocenters. The Kier molecular flexibility index (Phi) is 1.89. The first kappa shape index (κ1) is 8.47. The molecular weight excluding hydrogens is 269 g/mol. The minimum Gasteiger partial charge on any atom is -0.296 e. The number of alkyl halides is 1. The zero-order valence-corrected chi connectivity index (χ0v) is 8.76. The van der Waals surface area contributed by atoms with Gasteiger partial charge in [0, 0.05) is 10.8 Å². The first-order chi connectivity index (χ1) is 5.66. The van der Waals surface area contributed by atoms with E-state index in [-0.39, 0.29) is 17.2 Å². The van der Waals surface area contributed by atoms with Crippen LogP contribution in [0.3, 0.4) is 0 Å². The number of nitrogens with one attached hydrogen (secondary N) is 1. The van der Waals surface area contributed by atoms with Gasteiger partial charge in [-0.3, -0.25) is 14.9 Å². The first-order valence-corrected chi connectivity index (χ1v) is 5.59. The summed E-state index contributed by atoms with van der Waals surface area (Å²) in [5, 5.41) is 2.37. The lowest BCUT2D eigenvalue weighted by atomic mass is 9.62. The molecule has 2 aliphatic rings. The highest BCUT2D eigenvalue weighted by Crippen LogP contribution is 2.51. The van der Waals surface area contributed by atoms with Crippen LogP contribution in [0.4, 0.5) is 0 Å². The smallest absolute Gasteiger partial charge is 0.233 e. The molecule has 2 fully saturated rings. The quantitative estimate of drug-likeness (QED) is 0.439. The average molecular weight is 279 g/mol. The molecule has 3 nitrogen and oxygen atoms in total. The third-order valence-electron chi connectivity index (χ3n) is 2.81. The van der Waals surface area contributed by atoms with Crippen LogP contribution in [0.25, 0.3) is 0 Å². The Morgan fingerprint density at radius 1 is 1.50 bits per heavy atom. The molecule has 0 radical (unpaired) electrons. The number of amides is 2. The van der Waals surface area contributed by atoms with E-state index in [0.29, 0.717) is 12.3 Å². The molecule has 0 aromatic rings. The molecule has 0 bridgehead atoms. The highest BCUT2D eigenvalue weighted by atomic mass is 127. The summed E-state index contributed by atoms with van der Waals surface area (Å²) in [6.45, 7) is 0. The number of imide groups is 1. The molecule has 1 N–H and O–H groups in total. The molecule has 0 aromatic heterocycles. The van der Waals surface area contributed by atoms with Crippen LogP contribution in [-0.2, 0) is 9.59 Å². The largest absolute Gasteiger partial charge is 0.296 e. The Balaban J connectivity index is 2.06. The Labute approximate surface area is 84.4 Å². The number of carbonyl (C=O) groups excluding carboxylic acids is 2. The van der Waals surface area contributed by atoms with Crippen molar-refractivity contribution < 1.29 is 9.59 Å². The fourth-order valence-corrected chi connectivity index (χ4v) is 2.80. The van der Waals surface area contributed by atoms with E-state index in [4.69, 9.17) is 0 Å². The minimum atomic E-state index is -0.285. The maximum Gasteiger partial charge on any atom is 0.233 e. The summed E-state index contributed by atoms with van der Waals surface area (Å²) in [6.07, 6.45) is 2.25. The lowest BCUT2D eigenvalue weighted by Gasteiger charge is -2.41. The molecule has 4 heteroatoms.